The summed E-state index contributed by atoms with van der Waals surface area (Å²) in [5, 5.41) is 2.21. The third-order valence-electron chi connectivity index (χ3n) is 5.50. The van der Waals surface area contributed by atoms with Crippen LogP contribution in [0.5, 0.6) is 17.2 Å². The van der Waals surface area contributed by atoms with Crippen LogP contribution in [0.1, 0.15) is 15.9 Å². The van der Waals surface area contributed by atoms with Crippen LogP contribution in [0.3, 0.4) is 0 Å². The maximum Gasteiger partial charge on any atom is 0.293 e. The van der Waals surface area contributed by atoms with Gasteiger partial charge in [-0.15, -0.1) is 0 Å². The number of nitrogens with zero attached hydrogens (tertiary/aromatic N) is 1. The summed E-state index contributed by atoms with van der Waals surface area (Å²) in [6.07, 6.45) is 1.54. The van der Waals surface area contributed by atoms with E-state index in [0.717, 1.165) is 16.7 Å². The van der Waals surface area contributed by atoms with E-state index < -0.39 is 11.1 Å². The van der Waals surface area contributed by atoms with Gasteiger partial charge < -0.3 is 19.5 Å². The highest BCUT2D eigenvalue weighted by Gasteiger charge is 2.36. The summed E-state index contributed by atoms with van der Waals surface area (Å²) in [4.78, 5) is 51.2. The number of ether oxygens (including phenoxy) is 3. The van der Waals surface area contributed by atoms with Crippen LogP contribution in [0.25, 0.3) is 6.08 Å². The van der Waals surface area contributed by atoms with E-state index in [4.69, 9.17) is 14.2 Å². The van der Waals surface area contributed by atoms with Crippen molar-refractivity contribution >= 4 is 46.4 Å². The van der Waals surface area contributed by atoms with Gasteiger partial charge in [-0.25, -0.2) is 0 Å². The van der Waals surface area contributed by atoms with Crippen molar-refractivity contribution in [3.63, 3.8) is 0 Å². The van der Waals surface area contributed by atoms with Gasteiger partial charge in [0.05, 0.1) is 31.4 Å². The average Bonchev–Trinajstić information content (AvgIpc) is 3.20. The lowest BCUT2D eigenvalue weighted by atomic mass is 10.1. The SMILES string of the molecule is COc1ccccc1NC(=O)COc1ccc(/C=C2\SC(=O)N(CC(=O)c3ccccc3)C2=O)cc1OC. The molecule has 3 amide bonds. The number of Topliss-reactive ketones (excluding diaryl/α,β-unsaturated/α-hetero) is 1. The van der Waals surface area contributed by atoms with Gasteiger partial charge in [-0.3, -0.25) is 24.1 Å². The highest BCUT2D eigenvalue weighted by atomic mass is 32.2. The van der Waals surface area contributed by atoms with Crippen molar-refractivity contribution in [3.05, 3.63) is 88.8 Å². The lowest BCUT2D eigenvalue weighted by Gasteiger charge is -2.13. The lowest BCUT2D eigenvalue weighted by molar-refractivity contribution is -0.122. The summed E-state index contributed by atoms with van der Waals surface area (Å²) in [6.45, 7) is -0.610. The highest BCUT2D eigenvalue weighted by Crippen LogP contribution is 2.34. The van der Waals surface area contributed by atoms with Gasteiger partial charge >= 0.3 is 0 Å². The van der Waals surface area contributed by atoms with Crippen molar-refractivity contribution in [2.24, 2.45) is 0 Å². The van der Waals surface area contributed by atoms with Crippen LogP contribution in [0.15, 0.2) is 77.7 Å². The van der Waals surface area contributed by atoms with Crippen LogP contribution in [0, 0.1) is 0 Å². The van der Waals surface area contributed by atoms with E-state index in [2.05, 4.69) is 5.32 Å². The second-order valence-electron chi connectivity index (χ2n) is 8.00. The number of rotatable bonds is 10. The maximum atomic E-state index is 12.8. The van der Waals surface area contributed by atoms with Crippen LogP contribution in [-0.2, 0) is 9.59 Å². The monoisotopic (exact) mass is 532 g/mol. The molecule has 0 aromatic heterocycles. The second-order valence-corrected chi connectivity index (χ2v) is 9.00. The largest absolute Gasteiger partial charge is 0.495 e. The van der Waals surface area contributed by atoms with E-state index >= 15 is 0 Å². The fraction of sp³-hybridized carbons (Fsp3) is 0.143. The maximum absolute atomic E-state index is 12.8. The van der Waals surface area contributed by atoms with E-state index in [1.54, 1.807) is 78.9 Å². The minimum atomic E-state index is -0.545. The smallest absolute Gasteiger partial charge is 0.293 e. The first-order chi connectivity index (χ1) is 18.4. The normalized spacial score (nSPS) is 13.9. The standard InChI is InChI=1S/C28H24N2O7S/c1-35-22-11-7-6-10-20(22)29-26(32)17-37-23-13-12-18(14-24(23)36-2)15-25-27(33)30(28(34)38-25)16-21(31)19-8-4-3-5-9-19/h3-15H,16-17H2,1-2H3,(H,29,32)/b25-15-. The Bertz CT molecular complexity index is 1410. The van der Waals surface area contributed by atoms with Crippen molar-refractivity contribution in [1.29, 1.82) is 0 Å². The number of nitrogens with one attached hydrogen (secondary N) is 1. The zero-order valence-corrected chi connectivity index (χ0v) is 21.4. The van der Waals surface area contributed by atoms with Gasteiger partial charge in [0.2, 0.25) is 0 Å². The van der Waals surface area contributed by atoms with Crippen molar-refractivity contribution in [1.82, 2.24) is 4.90 Å². The summed E-state index contributed by atoms with van der Waals surface area (Å²) in [5.74, 6) is -0.0802. The van der Waals surface area contributed by atoms with Gasteiger partial charge in [0, 0.05) is 5.56 Å². The fourth-order valence-corrected chi connectivity index (χ4v) is 4.46. The molecule has 1 fully saturated rings. The minimum Gasteiger partial charge on any atom is -0.495 e. The summed E-state index contributed by atoms with van der Waals surface area (Å²) >= 11 is 0.761. The van der Waals surface area contributed by atoms with Crippen LogP contribution in [-0.4, -0.2) is 55.1 Å². The molecule has 1 aliphatic heterocycles. The molecule has 1 heterocycles. The predicted octanol–water partition coefficient (Wildman–Crippen LogP) is 4.64. The molecule has 0 atom stereocenters. The molecule has 1 N–H and O–H groups in total. The Hall–Kier alpha value is -4.57. The quantitative estimate of drug-likeness (QED) is 0.297. The number of ketones is 1. The zero-order valence-electron chi connectivity index (χ0n) is 20.6. The number of carbonyl (C=O) groups is 4. The van der Waals surface area contributed by atoms with E-state index in [1.165, 1.54) is 14.2 Å². The fourth-order valence-electron chi connectivity index (χ4n) is 3.62. The van der Waals surface area contributed by atoms with Gasteiger partial charge in [0.15, 0.2) is 23.9 Å². The first-order valence-corrected chi connectivity index (χ1v) is 12.3. The summed E-state index contributed by atoms with van der Waals surface area (Å²) in [5.41, 5.74) is 1.52. The Balaban J connectivity index is 1.41. The number of imide groups is 1. The molecule has 194 valence electrons. The summed E-state index contributed by atoms with van der Waals surface area (Å²) in [7, 11) is 2.96. The topological polar surface area (TPSA) is 111 Å². The first kappa shape index (κ1) is 26.5. The van der Waals surface area contributed by atoms with E-state index in [1.807, 2.05) is 0 Å². The van der Waals surface area contributed by atoms with Crippen LogP contribution in [0.2, 0.25) is 0 Å². The number of benzene rings is 3. The number of amides is 3. The number of para-hydroxylation sites is 2. The van der Waals surface area contributed by atoms with Crippen molar-refractivity contribution in [3.8, 4) is 17.2 Å². The molecule has 1 aliphatic rings. The molecule has 38 heavy (non-hydrogen) atoms. The Labute approximate surface area is 223 Å². The molecule has 0 radical (unpaired) electrons. The molecule has 3 aromatic carbocycles. The molecule has 3 aromatic rings. The molecule has 4 rings (SSSR count). The van der Waals surface area contributed by atoms with Crippen LogP contribution in [0.4, 0.5) is 10.5 Å². The Morgan fingerprint density at radius 2 is 1.61 bits per heavy atom. The van der Waals surface area contributed by atoms with Gasteiger partial charge in [-0.2, -0.15) is 0 Å². The molecular weight excluding hydrogens is 508 g/mol. The molecule has 0 aliphatic carbocycles. The molecule has 0 unspecified atom stereocenters. The summed E-state index contributed by atoms with van der Waals surface area (Å²) < 4.78 is 16.2. The number of thioether (sulfide) groups is 1. The first-order valence-electron chi connectivity index (χ1n) is 11.5. The Morgan fingerprint density at radius 3 is 2.34 bits per heavy atom. The van der Waals surface area contributed by atoms with E-state index in [0.29, 0.717) is 34.1 Å². The third-order valence-corrected chi connectivity index (χ3v) is 6.40. The average molecular weight is 533 g/mol. The minimum absolute atomic E-state index is 0.183. The molecule has 9 nitrogen and oxygen atoms in total. The molecule has 0 saturated carbocycles. The van der Waals surface area contributed by atoms with Gasteiger partial charge in [-0.05, 0) is 47.7 Å². The molecule has 10 heteroatoms. The Morgan fingerprint density at radius 1 is 0.895 bits per heavy atom. The lowest BCUT2D eigenvalue weighted by Crippen LogP contribution is -2.33. The van der Waals surface area contributed by atoms with Gasteiger partial charge in [0.1, 0.15) is 5.75 Å². The van der Waals surface area contributed by atoms with Crippen molar-refractivity contribution in [2.75, 3.05) is 32.7 Å². The van der Waals surface area contributed by atoms with Gasteiger partial charge in [-0.1, -0.05) is 48.5 Å². The van der Waals surface area contributed by atoms with Crippen molar-refractivity contribution in [2.45, 2.75) is 0 Å². The molecule has 1 saturated heterocycles. The third kappa shape index (κ3) is 6.22. The van der Waals surface area contributed by atoms with Crippen LogP contribution < -0.4 is 19.5 Å². The van der Waals surface area contributed by atoms with E-state index in [-0.39, 0.29) is 29.7 Å². The second kappa shape index (κ2) is 12.1. The van der Waals surface area contributed by atoms with Gasteiger partial charge in [0.25, 0.3) is 17.1 Å². The zero-order chi connectivity index (χ0) is 27.1. The Kier molecular flexibility index (Phi) is 8.44. The molecule has 0 spiro atoms. The van der Waals surface area contributed by atoms with Crippen molar-refractivity contribution < 1.29 is 33.4 Å². The number of methoxy groups -OCH3 is 2. The molecular formula is C28H24N2O7S. The summed E-state index contributed by atoms with van der Waals surface area (Å²) in [6, 6.07) is 20.4. The number of hydrogen-bond donors (Lipinski definition) is 1. The predicted molar refractivity (Wildman–Crippen MR) is 144 cm³/mol. The number of hydrogen-bond acceptors (Lipinski definition) is 8. The van der Waals surface area contributed by atoms with E-state index in [9.17, 15) is 19.2 Å². The van der Waals surface area contributed by atoms with Crippen LogP contribution >= 0.6 is 11.8 Å². The highest BCUT2D eigenvalue weighted by molar-refractivity contribution is 8.18. The number of carbonyl (C=O) groups excluding carboxylic acids is 4. The number of anilines is 1. The molecule has 0 bridgehead atoms.